The minimum Gasteiger partial charge on any atom is -0.381 e. The fourth-order valence-electron chi connectivity index (χ4n) is 2.30. The van der Waals surface area contributed by atoms with E-state index in [4.69, 9.17) is 27.9 Å². The number of halogens is 2. The maximum absolute atomic E-state index is 12.2. The van der Waals surface area contributed by atoms with Crippen molar-refractivity contribution in [2.24, 2.45) is 5.92 Å². The summed E-state index contributed by atoms with van der Waals surface area (Å²) < 4.78 is 32.6. The quantitative estimate of drug-likeness (QED) is 0.512. The molecule has 0 bridgehead atoms. The van der Waals surface area contributed by atoms with Crippen LogP contribution < -0.4 is 4.72 Å². The lowest BCUT2D eigenvalue weighted by Crippen LogP contribution is -2.26. The molecular weight excluding hydrogens is 369 g/mol. The topological polar surface area (TPSA) is 55.4 Å². The number of hydrogen-bond acceptors (Lipinski definition) is 3. The highest BCUT2D eigenvalue weighted by Gasteiger charge is 2.17. The van der Waals surface area contributed by atoms with E-state index in [0.29, 0.717) is 30.5 Å². The van der Waals surface area contributed by atoms with Crippen molar-refractivity contribution in [2.75, 3.05) is 19.8 Å². The third kappa shape index (κ3) is 7.70. The van der Waals surface area contributed by atoms with Crippen LogP contribution in [0.5, 0.6) is 0 Å². The smallest absolute Gasteiger partial charge is 0.242 e. The molecule has 0 saturated heterocycles. The average Bonchev–Trinajstić information content (AvgIpc) is 2.53. The summed E-state index contributed by atoms with van der Waals surface area (Å²) in [6, 6.07) is 4.33. The fourth-order valence-corrected chi connectivity index (χ4v) is 4.14. The lowest BCUT2D eigenvalue weighted by Gasteiger charge is -2.14. The number of nitrogens with one attached hydrogen (secondary N) is 1. The van der Waals surface area contributed by atoms with Crippen molar-refractivity contribution in [3.8, 4) is 0 Å². The van der Waals surface area contributed by atoms with Crippen LogP contribution in [0.1, 0.15) is 46.0 Å². The third-order valence-corrected chi connectivity index (χ3v) is 6.02. The zero-order valence-corrected chi connectivity index (χ0v) is 16.7. The van der Waals surface area contributed by atoms with Gasteiger partial charge in [-0.15, -0.1) is 0 Å². The molecule has 7 heteroatoms. The van der Waals surface area contributed by atoms with E-state index in [1.54, 1.807) is 0 Å². The molecule has 24 heavy (non-hydrogen) atoms. The van der Waals surface area contributed by atoms with Gasteiger partial charge in [0.05, 0.1) is 5.02 Å². The molecule has 0 aliphatic heterocycles. The van der Waals surface area contributed by atoms with Gasteiger partial charge in [0, 0.05) is 24.8 Å². The molecule has 0 amide bonds. The normalized spacial score (nSPS) is 13.2. The summed E-state index contributed by atoms with van der Waals surface area (Å²) in [5, 5.41) is 0.522. The SMILES string of the molecule is CCCCC(CC)COCCCNS(=O)(=O)c1ccc(Cl)cc1Cl. The molecular formula is C17H27Cl2NO3S. The van der Waals surface area contributed by atoms with Crippen molar-refractivity contribution in [3.63, 3.8) is 0 Å². The van der Waals surface area contributed by atoms with Crippen LogP contribution in [0.3, 0.4) is 0 Å². The van der Waals surface area contributed by atoms with Crippen molar-refractivity contribution < 1.29 is 13.2 Å². The van der Waals surface area contributed by atoms with Crippen LogP contribution in [-0.4, -0.2) is 28.2 Å². The number of benzene rings is 1. The molecule has 4 nitrogen and oxygen atoms in total. The van der Waals surface area contributed by atoms with Gasteiger partial charge < -0.3 is 4.74 Å². The van der Waals surface area contributed by atoms with E-state index in [1.165, 1.54) is 37.5 Å². The Labute approximate surface area is 155 Å². The second kappa shape index (κ2) is 11.3. The van der Waals surface area contributed by atoms with Crippen LogP contribution >= 0.6 is 23.2 Å². The molecule has 1 rings (SSSR count). The molecule has 0 radical (unpaired) electrons. The summed E-state index contributed by atoms with van der Waals surface area (Å²) in [6.45, 7) is 5.96. The van der Waals surface area contributed by atoms with Crippen LogP contribution in [0.25, 0.3) is 0 Å². The molecule has 0 heterocycles. The predicted octanol–water partition coefficient (Wildman–Crippen LogP) is 4.89. The van der Waals surface area contributed by atoms with Gasteiger partial charge in [-0.25, -0.2) is 13.1 Å². The number of hydrogen-bond donors (Lipinski definition) is 1. The van der Waals surface area contributed by atoms with Crippen molar-refractivity contribution in [3.05, 3.63) is 28.2 Å². The Hall–Kier alpha value is -0.330. The lowest BCUT2D eigenvalue weighted by molar-refractivity contribution is 0.0928. The van der Waals surface area contributed by atoms with Crippen LogP contribution in [0.4, 0.5) is 0 Å². The van der Waals surface area contributed by atoms with Gasteiger partial charge in [0.25, 0.3) is 0 Å². The Morgan fingerprint density at radius 3 is 2.58 bits per heavy atom. The van der Waals surface area contributed by atoms with E-state index in [-0.39, 0.29) is 9.92 Å². The Kier molecular flexibility index (Phi) is 10.2. The molecule has 1 aromatic rings. The van der Waals surface area contributed by atoms with Crippen LogP contribution in [0, 0.1) is 5.92 Å². The first-order valence-electron chi connectivity index (χ1n) is 8.43. The first-order chi connectivity index (χ1) is 11.4. The minimum absolute atomic E-state index is 0.0418. The standard InChI is InChI=1S/C17H27Cl2NO3S/c1-3-5-7-14(4-2)13-23-11-6-10-20-24(21,22)17-9-8-15(18)12-16(17)19/h8-9,12,14,20H,3-7,10-11,13H2,1-2H3. The van der Waals surface area contributed by atoms with E-state index in [1.807, 2.05) is 0 Å². The molecule has 0 spiro atoms. The maximum Gasteiger partial charge on any atom is 0.242 e. The van der Waals surface area contributed by atoms with E-state index in [0.717, 1.165) is 13.0 Å². The van der Waals surface area contributed by atoms with Gasteiger partial charge in [-0.1, -0.05) is 56.3 Å². The summed E-state index contributed by atoms with van der Waals surface area (Å²) in [6.07, 6.45) is 5.35. The lowest BCUT2D eigenvalue weighted by atomic mass is 10.0. The Morgan fingerprint density at radius 1 is 1.21 bits per heavy atom. The Balaban J connectivity index is 2.31. The Bertz CT molecular complexity index is 593. The van der Waals surface area contributed by atoms with Gasteiger partial charge in [0.1, 0.15) is 4.90 Å². The second-order valence-corrected chi connectivity index (χ2v) is 8.40. The van der Waals surface area contributed by atoms with Crippen molar-refractivity contribution in [1.29, 1.82) is 0 Å². The molecule has 0 saturated carbocycles. The molecule has 0 aromatic heterocycles. The van der Waals surface area contributed by atoms with Crippen LogP contribution in [-0.2, 0) is 14.8 Å². The number of sulfonamides is 1. The van der Waals surface area contributed by atoms with E-state index >= 15 is 0 Å². The van der Waals surface area contributed by atoms with Gasteiger partial charge in [-0.2, -0.15) is 0 Å². The van der Waals surface area contributed by atoms with Crippen molar-refractivity contribution in [1.82, 2.24) is 4.72 Å². The molecule has 1 atom stereocenters. The molecule has 0 aliphatic rings. The average molecular weight is 396 g/mol. The summed E-state index contributed by atoms with van der Waals surface area (Å²) >= 11 is 11.7. The van der Waals surface area contributed by atoms with E-state index in [2.05, 4.69) is 18.6 Å². The summed E-state index contributed by atoms with van der Waals surface area (Å²) in [5.41, 5.74) is 0. The van der Waals surface area contributed by atoms with Gasteiger partial charge in [0.2, 0.25) is 10.0 Å². The molecule has 1 aromatic carbocycles. The number of ether oxygens (including phenoxy) is 1. The van der Waals surface area contributed by atoms with E-state index < -0.39 is 10.0 Å². The van der Waals surface area contributed by atoms with E-state index in [9.17, 15) is 8.42 Å². The highest BCUT2D eigenvalue weighted by Crippen LogP contribution is 2.24. The van der Waals surface area contributed by atoms with Gasteiger partial charge >= 0.3 is 0 Å². The van der Waals surface area contributed by atoms with Gasteiger partial charge in [-0.05, 0) is 37.0 Å². The zero-order valence-electron chi connectivity index (χ0n) is 14.4. The summed E-state index contributed by atoms with van der Waals surface area (Å²) in [5.74, 6) is 0.592. The number of rotatable bonds is 12. The molecule has 1 unspecified atom stereocenters. The minimum atomic E-state index is -3.62. The molecule has 138 valence electrons. The van der Waals surface area contributed by atoms with Crippen LogP contribution in [0.15, 0.2) is 23.1 Å². The first kappa shape index (κ1) is 21.7. The number of unbranched alkanes of at least 4 members (excludes halogenated alkanes) is 1. The zero-order chi connectivity index (χ0) is 18.0. The third-order valence-electron chi connectivity index (χ3n) is 3.84. The summed E-state index contributed by atoms with van der Waals surface area (Å²) in [4.78, 5) is 0.0418. The first-order valence-corrected chi connectivity index (χ1v) is 10.7. The fraction of sp³-hybridized carbons (Fsp3) is 0.647. The van der Waals surface area contributed by atoms with Crippen LogP contribution in [0.2, 0.25) is 10.0 Å². The van der Waals surface area contributed by atoms with Crippen molar-refractivity contribution in [2.45, 2.75) is 50.8 Å². The molecule has 1 N–H and O–H groups in total. The Morgan fingerprint density at radius 2 is 1.96 bits per heavy atom. The predicted molar refractivity (Wildman–Crippen MR) is 100 cm³/mol. The maximum atomic E-state index is 12.2. The second-order valence-electron chi connectivity index (χ2n) is 5.82. The highest BCUT2D eigenvalue weighted by molar-refractivity contribution is 7.89. The largest absolute Gasteiger partial charge is 0.381 e. The summed E-state index contributed by atoms with van der Waals surface area (Å²) in [7, 11) is -3.62. The molecule has 0 fully saturated rings. The monoisotopic (exact) mass is 395 g/mol. The van der Waals surface area contributed by atoms with Gasteiger partial charge in [0.15, 0.2) is 0 Å². The van der Waals surface area contributed by atoms with Gasteiger partial charge in [-0.3, -0.25) is 0 Å². The molecule has 0 aliphatic carbocycles. The highest BCUT2D eigenvalue weighted by atomic mass is 35.5. The van der Waals surface area contributed by atoms with Crippen molar-refractivity contribution >= 4 is 33.2 Å².